The van der Waals surface area contributed by atoms with Gasteiger partial charge in [0, 0.05) is 6.54 Å². The molecule has 0 rings (SSSR count). The zero-order chi connectivity index (χ0) is 9.40. The Morgan fingerprint density at radius 2 is 2.33 bits per heavy atom. The average Bonchev–Trinajstić information content (AvgIpc) is 2.11. The maximum absolute atomic E-state index is 10.6. The first kappa shape index (κ1) is 11.2. The molecule has 0 aliphatic rings. The van der Waals surface area contributed by atoms with Gasteiger partial charge in [0.05, 0.1) is 7.11 Å². The standard InChI is InChI=1S/C8H18N2O2/c1-7(6-9)4-3-5-10-8(11)12-2/h7H,3-6,9H2,1-2H3,(H,10,11). The van der Waals surface area contributed by atoms with Crippen molar-refractivity contribution in [3.63, 3.8) is 0 Å². The van der Waals surface area contributed by atoms with Crippen LogP contribution in [0.25, 0.3) is 0 Å². The fraction of sp³-hybridized carbons (Fsp3) is 0.875. The van der Waals surface area contributed by atoms with Crippen molar-refractivity contribution in [3.05, 3.63) is 0 Å². The number of carbonyl (C=O) groups excluding carboxylic acids is 1. The molecule has 0 aliphatic heterocycles. The lowest BCUT2D eigenvalue weighted by molar-refractivity contribution is 0.170. The number of ether oxygens (including phenoxy) is 1. The number of hydrogen-bond donors (Lipinski definition) is 2. The summed E-state index contributed by atoms with van der Waals surface area (Å²) in [5, 5.41) is 2.61. The third-order valence-electron chi connectivity index (χ3n) is 1.73. The van der Waals surface area contributed by atoms with E-state index in [1.54, 1.807) is 0 Å². The molecule has 1 unspecified atom stereocenters. The predicted octanol–water partition coefficient (Wildman–Crippen LogP) is 0.717. The minimum Gasteiger partial charge on any atom is -0.453 e. The minimum atomic E-state index is -0.365. The first-order valence-electron chi connectivity index (χ1n) is 4.22. The van der Waals surface area contributed by atoms with Gasteiger partial charge in [0.25, 0.3) is 0 Å². The predicted molar refractivity (Wildman–Crippen MR) is 47.9 cm³/mol. The molecule has 4 heteroatoms. The van der Waals surface area contributed by atoms with Gasteiger partial charge in [-0.2, -0.15) is 0 Å². The number of rotatable bonds is 5. The van der Waals surface area contributed by atoms with Gasteiger partial charge in [-0.15, -0.1) is 0 Å². The van der Waals surface area contributed by atoms with E-state index in [9.17, 15) is 4.79 Å². The number of nitrogens with two attached hydrogens (primary N) is 1. The summed E-state index contributed by atoms with van der Waals surface area (Å²) in [6, 6.07) is 0. The molecule has 1 atom stereocenters. The van der Waals surface area contributed by atoms with Crippen molar-refractivity contribution in [2.75, 3.05) is 20.2 Å². The number of alkyl carbamates (subject to hydrolysis) is 1. The molecule has 0 aromatic heterocycles. The number of amides is 1. The highest BCUT2D eigenvalue weighted by molar-refractivity contribution is 5.66. The fourth-order valence-corrected chi connectivity index (χ4v) is 0.831. The summed E-state index contributed by atoms with van der Waals surface area (Å²) in [5.41, 5.74) is 5.43. The van der Waals surface area contributed by atoms with Gasteiger partial charge < -0.3 is 15.8 Å². The summed E-state index contributed by atoms with van der Waals surface area (Å²) in [4.78, 5) is 10.6. The summed E-state index contributed by atoms with van der Waals surface area (Å²) < 4.78 is 4.41. The van der Waals surface area contributed by atoms with Crippen LogP contribution in [0.15, 0.2) is 0 Å². The van der Waals surface area contributed by atoms with Gasteiger partial charge in [-0.25, -0.2) is 4.79 Å². The maximum Gasteiger partial charge on any atom is 0.406 e. The summed E-state index contributed by atoms with van der Waals surface area (Å²) in [7, 11) is 1.36. The van der Waals surface area contributed by atoms with Crippen LogP contribution in [0, 0.1) is 5.92 Å². The van der Waals surface area contributed by atoms with Crippen LogP contribution in [-0.4, -0.2) is 26.3 Å². The molecule has 12 heavy (non-hydrogen) atoms. The van der Waals surface area contributed by atoms with Crippen LogP contribution in [0.5, 0.6) is 0 Å². The Balaban J connectivity index is 3.15. The van der Waals surface area contributed by atoms with Crippen LogP contribution < -0.4 is 11.1 Å². The highest BCUT2D eigenvalue weighted by Crippen LogP contribution is 2.01. The number of methoxy groups -OCH3 is 1. The van der Waals surface area contributed by atoms with E-state index in [2.05, 4.69) is 17.0 Å². The third kappa shape index (κ3) is 5.97. The molecule has 0 saturated heterocycles. The smallest absolute Gasteiger partial charge is 0.406 e. The van der Waals surface area contributed by atoms with Crippen molar-refractivity contribution in [2.45, 2.75) is 19.8 Å². The molecule has 0 radical (unpaired) electrons. The summed E-state index contributed by atoms with van der Waals surface area (Å²) >= 11 is 0. The largest absolute Gasteiger partial charge is 0.453 e. The molecule has 0 aliphatic carbocycles. The Hall–Kier alpha value is -0.770. The lowest BCUT2D eigenvalue weighted by atomic mass is 10.1. The van der Waals surface area contributed by atoms with E-state index in [1.807, 2.05) is 0 Å². The van der Waals surface area contributed by atoms with Crippen LogP contribution in [-0.2, 0) is 4.74 Å². The third-order valence-corrected chi connectivity index (χ3v) is 1.73. The van der Waals surface area contributed by atoms with Crippen LogP contribution in [0.3, 0.4) is 0 Å². The Kier molecular flexibility index (Phi) is 6.47. The number of nitrogens with one attached hydrogen (secondary N) is 1. The molecular formula is C8H18N2O2. The quantitative estimate of drug-likeness (QED) is 0.603. The second-order valence-electron chi connectivity index (χ2n) is 2.90. The van der Waals surface area contributed by atoms with E-state index in [1.165, 1.54) is 7.11 Å². The van der Waals surface area contributed by atoms with Gasteiger partial charge in [0.1, 0.15) is 0 Å². The zero-order valence-corrected chi connectivity index (χ0v) is 7.80. The molecule has 0 aromatic rings. The van der Waals surface area contributed by atoms with Crippen LogP contribution >= 0.6 is 0 Å². The second kappa shape index (κ2) is 6.91. The normalized spacial score (nSPS) is 12.2. The highest BCUT2D eigenvalue weighted by atomic mass is 16.5. The van der Waals surface area contributed by atoms with Crippen molar-refractivity contribution in [2.24, 2.45) is 11.7 Å². The van der Waals surface area contributed by atoms with E-state index in [-0.39, 0.29) is 6.09 Å². The average molecular weight is 174 g/mol. The number of hydrogen-bond acceptors (Lipinski definition) is 3. The SMILES string of the molecule is COC(=O)NCCCC(C)CN. The van der Waals surface area contributed by atoms with Crippen molar-refractivity contribution < 1.29 is 9.53 Å². The van der Waals surface area contributed by atoms with Crippen LogP contribution in [0.4, 0.5) is 4.79 Å². The van der Waals surface area contributed by atoms with Gasteiger partial charge >= 0.3 is 6.09 Å². The molecule has 1 amide bonds. The molecule has 0 saturated carbocycles. The lowest BCUT2D eigenvalue weighted by Crippen LogP contribution is -2.24. The van der Waals surface area contributed by atoms with Gasteiger partial charge in [-0.3, -0.25) is 0 Å². The highest BCUT2D eigenvalue weighted by Gasteiger charge is 2.00. The molecule has 72 valence electrons. The molecule has 0 spiro atoms. The molecule has 3 N–H and O–H groups in total. The van der Waals surface area contributed by atoms with E-state index < -0.39 is 0 Å². The molecular weight excluding hydrogens is 156 g/mol. The topological polar surface area (TPSA) is 64.3 Å². The molecule has 4 nitrogen and oxygen atoms in total. The number of carbonyl (C=O) groups is 1. The lowest BCUT2D eigenvalue weighted by Gasteiger charge is -2.07. The summed E-state index contributed by atoms with van der Waals surface area (Å²) in [6.07, 6.45) is 1.63. The van der Waals surface area contributed by atoms with Gasteiger partial charge in [0.2, 0.25) is 0 Å². The first-order valence-corrected chi connectivity index (χ1v) is 4.22. The van der Waals surface area contributed by atoms with Crippen LogP contribution in [0.1, 0.15) is 19.8 Å². The van der Waals surface area contributed by atoms with E-state index in [0.29, 0.717) is 19.0 Å². The monoisotopic (exact) mass is 174 g/mol. The molecule has 0 aromatic carbocycles. The second-order valence-corrected chi connectivity index (χ2v) is 2.90. The van der Waals surface area contributed by atoms with Crippen molar-refractivity contribution in [1.82, 2.24) is 5.32 Å². The minimum absolute atomic E-state index is 0.365. The van der Waals surface area contributed by atoms with Gasteiger partial charge in [-0.1, -0.05) is 6.92 Å². The van der Waals surface area contributed by atoms with Gasteiger partial charge in [0.15, 0.2) is 0 Å². The maximum atomic E-state index is 10.6. The molecule has 0 fully saturated rings. The van der Waals surface area contributed by atoms with E-state index in [0.717, 1.165) is 12.8 Å². The van der Waals surface area contributed by atoms with Crippen molar-refractivity contribution in [3.8, 4) is 0 Å². The van der Waals surface area contributed by atoms with Crippen molar-refractivity contribution in [1.29, 1.82) is 0 Å². The Morgan fingerprint density at radius 1 is 1.67 bits per heavy atom. The van der Waals surface area contributed by atoms with E-state index in [4.69, 9.17) is 5.73 Å². The Morgan fingerprint density at radius 3 is 2.83 bits per heavy atom. The Bertz CT molecular complexity index is 128. The molecule has 0 bridgehead atoms. The zero-order valence-electron chi connectivity index (χ0n) is 7.80. The Labute approximate surface area is 73.5 Å². The van der Waals surface area contributed by atoms with Crippen LogP contribution in [0.2, 0.25) is 0 Å². The first-order chi connectivity index (χ1) is 5.70. The van der Waals surface area contributed by atoms with Gasteiger partial charge in [-0.05, 0) is 25.3 Å². The molecule has 0 heterocycles. The summed E-state index contributed by atoms with van der Waals surface area (Å²) in [6.45, 7) is 3.47. The van der Waals surface area contributed by atoms with Crippen molar-refractivity contribution >= 4 is 6.09 Å². The fourth-order valence-electron chi connectivity index (χ4n) is 0.831. The summed E-state index contributed by atoms with van der Waals surface area (Å²) in [5.74, 6) is 0.532. The van der Waals surface area contributed by atoms with E-state index >= 15 is 0 Å².